The van der Waals surface area contributed by atoms with Gasteiger partial charge in [0.1, 0.15) is 0 Å². The average Bonchev–Trinajstić information content (AvgIpc) is 3.03. The number of likely N-dealkylation sites (tertiary alicyclic amines) is 1. The molecule has 0 spiro atoms. The van der Waals surface area contributed by atoms with Crippen molar-refractivity contribution in [3.8, 4) is 0 Å². The summed E-state index contributed by atoms with van der Waals surface area (Å²) < 4.78 is 1.90. The monoisotopic (exact) mass is 315 g/mol. The van der Waals surface area contributed by atoms with Crippen LogP contribution >= 0.6 is 0 Å². The van der Waals surface area contributed by atoms with E-state index < -0.39 is 11.6 Å². The van der Waals surface area contributed by atoms with Crippen molar-refractivity contribution in [2.24, 2.45) is 0 Å². The molecule has 1 aromatic carbocycles. The molecule has 23 heavy (non-hydrogen) atoms. The number of aromatic nitrogens is 2. The zero-order chi connectivity index (χ0) is 16.3. The molecule has 0 unspecified atom stereocenters. The van der Waals surface area contributed by atoms with Gasteiger partial charge in [0, 0.05) is 32.0 Å². The van der Waals surface area contributed by atoms with Gasteiger partial charge in [-0.05, 0) is 24.5 Å². The van der Waals surface area contributed by atoms with Gasteiger partial charge in [-0.1, -0.05) is 18.2 Å². The van der Waals surface area contributed by atoms with Gasteiger partial charge in [-0.25, -0.2) is 9.78 Å². The molecule has 2 aromatic rings. The molecule has 1 saturated heterocycles. The number of hydrogen-bond acceptors (Lipinski definition) is 4. The second-order valence-electron chi connectivity index (χ2n) is 6.20. The fraction of sp³-hybridized carbons (Fsp3) is 0.412. The molecular weight excluding hydrogens is 294 g/mol. The fourth-order valence-corrected chi connectivity index (χ4v) is 3.11. The lowest BCUT2D eigenvalue weighted by molar-refractivity contribution is -0.0358. The number of imidazole rings is 1. The molecule has 0 radical (unpaired) electrons. The van der Waals surface area contributed by atoms with Crippen LogP contribution in [0.3, 0.4) is 0 Å². The molecule has 122 valence electrons. The maximum atomic E-state index is 11.3. The Bertz CT molecular complexity index is 661. The summed E-state index contributed by atoms with van der Waals surface area (Å²) in [6, 6.07) is 7.10. The first-order chi connectivity index (χ1) is 11.1. The van der Waals surface area contributed by atoms with E-state index in [1.54, 1.807) is 24.7 Å². The van der Waals surface area contributed by atoms with E-state index in [4.69, 9.17) is 0 Å². The van der Waals surface area contributed by atoms with E-state index in [0.29, 0.717) is 31.5 Å². The number of aromatic carboxylic acids is 1. The van der Waals surface area contributed by atoms with Crippen LogP contribution in [0, 0.1) is 0 Å². The molecule has 1 aliphatic heterocycles. The van der Waals surface area contributed by atoms with Crippen LogP contribution in [0.25, 0.3) is 0 Å². The summed E-state index contributed by atoms with van der Waals surface area (Å²) in [6.07, 6.45) is 6.61. The highest BCUT2D eigenvalue weighted by Gasteiger charge is 2.32. The predicted molar refractivity (Wildman–Crippen MR) is 85.1 cm³/mol. The molecule has 2 N–H and O–H groups in total. The lowest BCUT2D eigenvalue weighted by atomic mass is 9.91. The summed E-state index contributed by atoms with van der Waals surface area (Å²) in [5.41, 5.74) is 0.454. The summed E-state index contributed by atoms with van der Waals surface area (Å²) in [6.45, 7) is 2.65. The number of benzene rings is 1. The van der Waals surface area contributed by atoms with Gasteiger partial charge in [0.25, 0.3) is 0 Å². The van der Waals surface area contributed by atoms with Crippen molar-refractivity contribution in [1.82, 2.24) is 14.5 Å². The molecular formula is C17H21N3O3. The standard InChI is InChI=1S/C17H21N3O3/c21-16(22)15-4-2-1-3-14(15)11-19-8-5-17(23,6-9-19)12-20-10-7-18-13-20/h1-4,7,10,13,23H,5-6,8-9,11-12H2,(H,21,22). The van der Waals surface area contributed by atoms with E-state index in [1.807, 2.05) is 22.9 Å². The Morgan fingerprint density at radius 3 is 2.65 bits per heavy atom. The second-order valence-corrected chi connectivity index (χ2v) is 6.20. The first kappa shape index (κ1) is 15.7. The smallest absolute Gasteiger partial charge is 0.336 e. The van der Waals surface area contributed by atoms with Crippen LogP contribution in [0.4, 0.5) is 0 Å². The van der Waals surface area contributed by atoms with Gasteiger partial charge < -0.3 is 14.8 Å². The Labute approximate surface area is 135 Å². The molecule has 0 amide bonds. The topological polar surface area (TPSA) is 78.6 Å². The Hall–Kier alpha value is -2.18. The molecule has 0 saturated carbocycles. The molecule has 1 aromatic heterocycles. The van der Waals surface area contributed by atoms with Crippen molar-refractivity contribution in [1.29, 1.82) is 0 Å². The number of hydrogen-bond donors (Lipinski definition) is 2. The van der Waals surface area contributed by atoms with E-state index in [-0.39, 0.29) is 0 Å². The van der Waals surface area contributed by atoms with Crippen LogP contribution in [0.2, 0.25) is 0 Å². The minimum Gasteiger partial charge on any atom is -0.478 e. The van der Waals surface area contributed by atoms with Gasteiger partial charge in [-0.15, -0.1) is 0 Å². The van der Waals surface area contributed by atoms with Crippen molar-refractivity contribution >= 4 is 5.97 Å². The predicted octanol–water partition coefficient (Wildman–Crippen LogP) is 1.61. The van der Waals surface area contributed by atoms with Crippen molar-refractivity contribution in [2.45, 2.75) is 31.5 Å². The molecule has 0 aliphatic carbocycles. The summed E-state index contributed by atoms with van der Waals surface area (Å²) in [4.78, 5) is 17.5. The number of nitrogens with zero attached hydrogens (tertiary/aromatic N) is 3. The molecule has 3 rings (SSSR count). The fourth-order valence-electron chi connectivity index (χ4n) is 3.11. The lowest BCUT2D eigenvalue weighted by Gasteiger charge is -2.38. The first-order valence-corrected chi connectivity index (χ1v) is 7.77. The lowest BCUT2D eigenvalue weighted by Crippen LogP contribution is -2.46. The van der Waals surface area contributed by atoms with Crippen molar-refractivity contribution < 1.29 is 15.0 Å². The number of carboxylic acid groups (broad SMARTS) is 1. The highest BCUT2D eigenvalue weighted by Crippen LogP contribution is 2.25. The Morgan fingerprint density at radius 2 is 2.00 bits per heavy atom. The van der Waals surface area contributed by atoms with E-state index in [2.05, 4.69) is 9.88 Å². The first-order valence-electron chi connectivity index (χ1n) is 7.77. The summed E-state index contributed by atoms with van der Waals surface area (Å²) in [5, 5.41) is 20.0. The van der Waals surface area contributed by atoms with Gasteiger partial charge >= 0.3 is 5.97 Å². The Balaban J connectivity index is 1.60. The minimum atomic E-state index is -0.894. The molecule has 0 bridgehead atoms. The number of piperidine rings is 1. The largest absolute Gasteiger partial charge is 0.478 e. The minimum absolute atomic E-state index is 0.353. The Morgan fingerprint density at radius 1 is 1.26 bits per heavy atom. The average molecular weight is 315 g/mol. The van der Waals surface area contributed by atoms with E-state index >= 15 is 0 Å². The number of carboxylic acids is 1. The quantitative estimate of drug-likeness (QED) is 0.876. The maximum Gasteiger partial charge on any atom is 0.336 e. The third kappa shape index (κ3) is 3.78. The highest BCUT2D eigenvalue weighted by molar-refractivity contribution is 5.89. The number of rotatable bonds is 5. The third-order valence-electron chi connectivity index (χ3n) is 4.46. The van der Waals surface area contributed by atoms with E-state index in [0.717, 1.165) is 18.7 Å². The highest BCUT2D eigenvalue weighted by atomic mass is 16.4. The van der Waals surface area contributed by atoms with Crippen LogP contribution < -0.4 is 0 Å². The van der Waals surface area contributed by atoms with Crippen molar-refractivity contribution in [2.75, 3.05) is 13.1 Å². The zero-order valence-electron chi connectivity index (χ0n) is 12.9. The summed E-state index contributed by atoms with van der Waals surface area (Å²) >= 11 is 0. The molecule has 1 fully saturated rings. The SMILES string of the molecule is O=C(O)c1ccccc1CN1CCC(O)(Cn2ccnc2)CC1. The van der Waals surface area contributed by atoms with Crippen LogP contribution in [0.1, 0.15) is 28.8 Å². The molecule has 6 heteroatoms. The van der Waals surface area contributed by atoms with E-state index in [1.165, 1.54) is 0 Å². The maximum absolute atomic E-state index is 11.3. The third-order valence-corrected chi connectivity index (χ3v) is 4.46. The molecule has 2 heterocycles. The summed E-state index contributed by atoms with van der Waals surface area (Å²) in [5.74, 6) is -0.894. The Kier molecular flexibility index (Phi) is 4.45. The van der Waals surface area contributed by atoms with Crippen LogP contribution in [-0.4, -0.2) is 49.3 Å². The van der Waals surface area contributed by atoms with Gasteiger partial charge in [0.05, 0.1) is 24.0 Å². The van der Waals surface area contributed by atoms with Gasteiger partial charge in [0.2, 0.25) is 0 Å². The molecule has 0 atom stereocenters. The van der Waals surface area contributed by atoms with Crippen LogP contribution in [-0.2, 0) is 13.1 Å². The van der Waals surface area contributed by atoms with Crippen molar-refractivity contribution in [3.05, 3.63) is 54.1 Å². The van der Waals surface area contributed by atoms with E-state index in [9.17, 15) is 15.0 Å². The van der Waals surface area contributed by atoms with Gasteiger partial charge in [-0.3, -0.25) is 4.90 Å². The zero-order valence-corrected chi connectivity index (χ0v) is 12.9. The van der Waals surface area contributed by atoms with Crippen molar-refractivity contribution in [3.63, 3.8) is 0 Å². The number of aliphatic hydroxyl groups is 1. The van der Waals surface area contributed by atoms with Crippen LogP contribution in [0.15, 0.2) is 43.0 Å². The van der Waals surface area contributed by atoms with Crippen LogP contribution in [0.5, 0.6) is 0 Å². The molecule has 6 nitrogen and oxygen atoms in total. The second kappa shape index (κ2) is 6.52. The van der Waals surface area contributed by atoms with Gasteiger partial charge in [-0.2, -0.15) is 0 Å². The normalized spacial score (nSPS) is 18.0. The summed E-state index contributed by atoms with van der Waals surface area (Å²) in [7, 11) is 0. The van der Waals surface area contributed by atoms with Gasteiger partial charge in [0.15, 0.2) is 0 Å². The number of carbonyl (C=O) groups is 1. The molecule has 1 aliphatic rings.